The lowest BCUT2D eigenvalue weighted by Crippen LogP contribution is -2.52. The van der Waals surface area contributed by atoms with E-state index >= 15 is 0 Å². The average Bonchev–Trinajstić information content (AvgIpc) is 2.55. The minimum atomic E-state index is -0.0472. The van der Waals surface area contributed by atoms with E-state index < -0.39 is 0 Å². The zero-order valence-corrected chi connectivity index (χ0v) is 12.6. The van der Waals surface area contributed by atoms with Crippen LogP contribution in [0.2, 0.25) is 0 Å². The number of para-hydroxylation sites is 1. The fourth-order valence-corrected chi connectivity index (χ4v) is 3.77. The van der Waals surface area contributed by atoms with Gasteiger partial charge in [0.15, 0.2) is 0 Å². The number of nitrogens with one attached hydrogen (secondary N) is 1. The molecule has 1 aromatic heterocycles. The number of ether oxygens (including phenoxy) is 1. The van der Waals surface area contributed by atoms with Crippen molar-refractivity contribution in [2.24, 2.45) is 0 Å². The van der Waals surface area contributed by atoms with Gasteiger partial charge in [-0.25, -0.2) is 4.98 Å². The zero-order chi connectivity index (χ0) is 14.9. The van der Waals surface area contributed by atoms with Crippen LogP contribution in [0, 0.1) is 0 Å². The molecular weight excluding hydrogens is 278 g/mol. The van der Waals surface area contributed by atoms with Gasteiger partial charge in [-0.3, -0.25) is 9.69 Å². The maximum absolute atomic E-state index is 12.2. The first-order chi connectivity index (χ1) is 10.8. The van der Waals surface area contributed by atoms with Crippen LogP contribution in [0.15, 0.2) is 29.1 Å². The molecule has 22 heavy (non-hydrogen) atoms. The molecule has 0 unspecified atom stereocenters. The van der Waals surface area contributed by atoms with Crippen LogP contribution in [0.25, 0.3) is 10.9 Å². The fraction of sp³-hybridized carbons (Fsp3) is 0.529. The highest BCUT2D eigenvalue weighted by molar-refractivity contribution is 5.77. The van der Waals surface area contributed by atoms with Gasteiger partial charge in [0, 0.05) is 12.6 Å². The monoisotopic (exact) mass is 299 g/mol. The summed E-state index contributed by atoms with van der Waals surface area (Å²) >= 11 is 0. The van der Waals surface area contributed by atoms with Gasteiger partial charge >= 0.3 is 0 Å². The second-order valence-electron chi connectivity index (χ2n) is 6.26. The summed E-state index contributed by atoms with van der Waals surface area (Å²) in [6.07, 6.45) is 5.23. The molecule has 2 heterocycles. The minimum absolute atomic E-state index is 0.0472. The molecule has 2 fully saturated rings. The third kappa shape index (κ3) is 2.55. The molecule has 0 amide bonds. The van der Waals surface area contributed by atoms with E-state index in [9.17, 15) is 4.79 Å². The smallest absolute Gasteiger partial charge is 0.258 e. The first-order valence-electron chi connectivity index (χ1n) is 8.15. The first kappa shape index (κ1) is 13.9. The quantitative estimate of drug-likeness (QED) is 0.922. The van der Waals surface area contributed by atoms with Crippen molar-refractivity contribution in [1.82, 2.24) is 14.9 Å². The number of nitrogens with zero attached hydrogens (tertiary/aromatic N) is 2. The van der Waals surface area contributed by atoms with Gasteiger partial charge in [-0.1, -0.05) is 25.0 Å². The predicted molar refractivity (Wildman–Crippen MR) is 84.8 cm³/mol. The molecule has 0 radical (unpaired) electrons. The molecule has 1 aromatic carbocycles. The molecule has 2 atom stereocenters. The molecule has 1 aliphatic heterocycles. The number of fused-ring (bicyclic) bond motifs is 2. The summed E-state index contributed by atoms with van der Waals surface area (Å²) in [5.41, 5.74) is 0.726. The SMILES string of the molecule is O=c1[nH]c(CN2CCO[C@@H]3CCCC[C@@H]32)nc2ccccc12. The van der Waals surface area contributed by atoms with Crippen molar-refractivity contribution in [3.63, 3.8) is 0 Å². The van der Waals surface area contributed by atoms with Crippen LogP contribution in [-0.4, -0.2) is 40.2 Å². The van der Waals surface area contributed by atoms with Gasteiger partial charge in [-0.2, -0.15) is 0 Å². The Morgan fingerprint density at radius 2 is 2.14 bits per heavy atom. The van der Waals surface area contributed by atoms with E-state index in [4.69, 9.17) is 4.74 Å². The standard InChI is InChI=1S/C17H21N3O2/c21-17-12-5-1-2-6-13(12)18-16(19-17)11-20-9-10-22-15-8-4-3-7-14(15)20/h1-2,5-6,14-15H,3-4,7-11H2,(H,18,19,21)/t14-,15+/m0/s1. The summed E-state index contributed by atoms with van der Waals surface area (Å²) in [7, 11) is 0. The Kier molecular flexibility index (Phi) is 3.68. The molecule has 4 rings (SSSR count). The maximum atomic E-state index is 12.2. The van der Waals surface area contributed by atoms with E-state index in [0.29, 0.717) is 24.1 Å². The van der Waals surface area contributed by atoms with Crippen molar-refractivity contribution in [2.45, 2.75) is 44.4 Å². The molecule has 0 bridgehead atoms. The van der Waals surface area contributed by atoms with Crippen LogP contribution < -0.4 is 5.56 Å². The Labute approximate surface area is 129 Å². The topological polar surface area (TPSA) is 58.2 Å². The third-order valence-electron chi connectivity index (χ3n) is 4.86. The van der Waals surface area contributed by atoms with E-state index in [2.05, 4.69) is 14.9 Å². The lowest BCUT2D eigenvalue weighted by atomic mass is 9.90. The summed E-state index contributed by atoms with van der Waals surface area (Å²) in [5, 5.41) is 0.656. The van der Waals surface area contributed by atoms with Gasteiger partial charge in [-0.15, -0.1) is 0 Å². The van der Waals surface area contributed by atoms with Crippen LogP contribution in [0.4, 0.5) is 0 Å². The van der Waals surface area contributed by atoms with Crippen molar-refractivity contribution in [3.8, 4) is 0 Å². The first-order valence-corrected chi connectivity index (χ1v) is 8.15. The second kappa shape index (κ2) is 5.82. The van der Waals surface area contributed by atoms with Crippen molar-refractivity contribution in [1.29, 1.82) is 0 Å². The van der Waals surface area contributed by atoms with Gasteiger partial charge in [0.25, 0.3) is 5.56 Å². The lowest BCUT2D eigenvalue weighted by molar-refractivity contribution is -0.0917. The Morgan fingerprint density at radius 1 is 1.27 bits per heavy atom. The Balaban J connectivity index is 1.61. The number of benzene rings is 1. The number of H-pyrrole nitrogens is 1. The number of morpholine rings is 1. The van der Waals surface area contributed by atoms with Crippen LogP contribution >= 0.6 is 0 Å². The summed E-state index contributed by atoms with van der Waals surface area (Å²) in [4.78, 5) is 22.2. The zero-order valence-electron chi connectivity index (χ0n) is 12.6. The highest BCUT2D eigenvalue weighted by Crippen LogP contribution is 2.29. The number of aromatic nitrogens is 2. The van der Waals surface area contributed by atoms with Crippen molar-refractivity contribution in [3.05, 3.63) is 40.4 Å². The number of rotatable bonds is 2. The van der Waals surface area contributed by atoms with E-state index in [1.165, 1.54) is 19.3 Å². The van der Waals surface area contributed by atoms with E-state index in [0.717, 1.165) is 30.9 Å². The van der Waals surface area contributed by atoms with Gasteiger partial charge in [0.05, 0.1) is 30.2 Å². The number of aromatic amines is 1. The molecule has 0 spiro atoms. The predicted octanol–water partition coefficient (Wildman–Crippen LogP) is 2.07. The number of hydrogen-bond donors (Lipinski definition) is 1. The van der Waals surface area contributed by atoms with Crippen LogP contribution in [0.5, 0.6) is 0 Å². The number of hydrogen-bond acceptors (Lipinski definition) is 4. The summed E-state index contributed by atoms with van der Waals surface area (Å²) in [6.45, 7) is 2.39. The lowest BCUT2D eigenvalue weighted by Gasteiger charge is -2.43. The molecule has 116 valence electrons. The highest BCUT2D eigenvalue weighted by Gasteiger charge is 2.34. The molecule has 5 nitrogen and oxygen atoms in total. The van der Waals surface area contributed by atoms with E-state index in [-0.39, 0.29) is 5.56 Å². The molecule has 1 saturated heterocycles. The Bertz CT molecular complexity index is 725. The molecule has 5 heteroatoms. The second-order valence-corrected chi connectivity index (χ2v) is 6.26. The van der Waals surface area contributed by atoms with Crippen LogP contribution in [0.3, 0.4) is 0 Å². The largest absolute Gasteiger partial charge is 0.375 e. The van der Waals surface area contributed by atoms with Gasteiger partial charge in [0.1, 0.15) is 5.82 Å². The average molecular weight is 299 g/mol. The normalized spacial score (nSPS) is 26.0. The van der Waals surface area contributed by atoms with Crippen molar-refractivity contribution >= 4 is 10.9 Å². The van der Waals surface area contributed by atoms with Crippen molar-refractivity contribution < 1.29 is 4.74 Å². The van der Waals surface area contributed by atoms with Gasteiger partial charge in [-0.05, 0) is 25.0 Å². The minimum Gasteiger partial charge on any atom is -0.375 e. The molecule has 1 N–H and O–H groups in total. The Hall–Kier alpha value is -1.72. The highest BCUT2D eigenvalue weighted by atomic mass is 16.5. The fourth-order valence-electron chi connectivity index (χ4n) is 3.77. The summed E-state index contributed by atoms with van der Waals surface area (Å²) in [5.74, 6) is 0.759. The molecule has 2 aromatic rings. The molecule has 2 aliphatic rings. The molecular formula is C17H21N3O2. The van der Waals surface area contributed by atoms with E-state index in [1.807, 2.05) is 24.3 Å². The van der Waals surface area contributed by atoms with Gasteiger partial charge in [0.2, 0.25) is 0 Å². The third-order valence-corrected chi connectivity index (χ3v) is 4.86. The van der Waals surface area contributed by atoms with Gasteiger partial charge < -0.3 is 9.72 Å². The molecule has 1 saturated carbocycles. The van der Waals surface area contributed by atoms with Crippen molar-refractivity contribution in [2.75, 3.05) is 13.2 Å². The summed E-state index contributed by atoms with van der Waals surface area (Å²) in [6, 6.07) is 7.98. The maximum Gasteiger partial charge on any atom is 0.258 e. The summed E-state index contributed by atoms with van der Waals surface area (Å²) < 4.78 is 5.91. The van der Waals surface area contributed by atoms with Crippen LogP contribution in [0.1, 0.15) is 31.5 Å². The van der Waals surface area contributed by atoms with Crippen LogP contribution in [-0.2, 0) is 11.3 Å². The molecule has 1 aliphatic carbocycles. The van der Waals surface area contributed by atoms with E-state index in [1.54, 1.807) is 0 Å². The Morgan fingerprint density at radius 3 is 3.09 bits per heavy atom.